The molecule has 0 aliphatic carbocycles. The fourth-order valence-electron chi connectivity index (χ4n) is 1.95. The molecule has 0 bridgehead atoms. The van der Waals surface area contributed by atoms with Gasteiger partial charge >= 0.3 is 0 Å². The highest BCUT2D eigenvalue weighted by atomic mass is 35.5. The molecule has 2 aromatic rings. The standard InChI is InChI=1S/C16H18ClN3O/c1-20(2)16(21)11-7-8-15(14(18)9-11)19-10-12-5-3-4-6-13(12)17/h3-9,19H,10,18H2,1-2H3. The Balaban J connectivity index is 2.12. The maximum absolute atomic E-state index is 11.9. The van der Waals surface area contributed by atoms with Crippen LogP contribution < -0.4 is 11.1 Å². The maximum Gasteiger partial charge on any atom is 0.253 e. The van der Waals surface area contributed by atoms with Gasteiger partial charge in [-0.2, -0.15) is 0 Å². The van der Waals surface area contributed by atoms with Crippen LogP contribution in [0.2, 0.25) is 5.02 Å². The van der Waals surface area contributed by atoms with Crippen LogP contribution in [0.15, 0.2) is 42.5 Å². The lowest BCUT2D eigenvalue weighted by Gasteiger charge is -2.14. The average Bonchev–Trinajstić information content (AvgIpc) is 2.46. The van der Waals surface area contributed by atoms with Crippen LogP contribution >= 0.6 is 11.6 Å². The molecule has 110 valence electrons. The van der Waals surface area contributed by atoms with E-state index in [-0.39, 0.29) is 5.91 Å². The summed E-state index contributed by atoms with van der Waals surface area (Å²) in [5, 5.41) is 3.94. The van der Waals surface area contributed by atoms with Crippen molar-refractivity contribution >= 4 is 28.9 Å². The minimum atomic E-state index is -0.0700. The number of nitrogens with zero attached hydrogens (tertiary/aromatic N) is 1. The Hall–Kier alpha value is -2.20. The fourth-order valence-corrected chi connectivity index (χ4v) is 2.15. The molecule has 4 nitrogen and oxygen atoms in total. The Morgan fingerprint density at radius 3 is 2.57 bits per heavy atom. The Labute approximate surface area is 129 Å². The van der Waals surface area contributed by atoms with Crippen molar-refractivity contribution in [2.45, 2.75) is 6.54 Å². The molecule has 0 saturated heterocycles. The summed E-state index contributed by atoms with van der Waals surface area (Å²) >= 11 is 6.11. The molecule has 2 aromatic carbocycles. The molecule has 0 aliphatic heterocycles. The van der Waals surface area contributed by atoms with Gasteiger partial charge < -0.3 is 16.0 Å². The minimum Gasteiger partial charge on any atom is -0.397 e. The molecular formula is C16H18ClN3O. The second-order valence-corrected chi connectivity index (χ2v) is 5.35. The molecule has 0 atom stereocenters. The molecule has 0 heterocycles. The number of amides is 1. The molecule has 0 fully saturated rings. The van der Waals surface area contributed by atoms with Crippen molar-refractivity contribution in [3.8, 4) is 0 Å². The van der Waals surface area contributed by atoms with Crippen LogP contribution in [-0.4, -0.2) is 24.9 Å². The summed E-state index contributed by atoms with van der Waals surface area (Å²) in [6, 6.07) is 12.9. The number of benzene rings is 2. The number of carbonyl (C=O) groups excluding carboxylic acids is 1. The Morgan fingerprint density at radius 2 is 1.95 bits per heavy atom. The predicted octanol–water partition coefficient (Wildman–Crippen LogP) is 3.24. The highest BCUT2D eigenvalue weighted by molar-refractivity contribution is 6.31. The SMILES string of the molecule is CN(C)C(=O)c1ccc(NCc2ccccc2Cl)c(N)c1. The monoisotopic (exact) mass is 303 g/mol. The van der Waals surface area contributed by atoms with E-state index >= 15 is 0 Å². The summed E-state index contributed by atoms with van der Waals surface area (Å²) in [5.74, 6) is -0.0700. The Morgan fingerprint density at radius 1 is 1.24 bits per heavy atom. The van der Waals surface area contributed by atoms with Gasteiger partial charge in [0.15, 0.2) is 0 Å². The van der Waals surface area contributed by atoms with Gasteiger partial charge in [-0.15, -0.1) is 0 Å². The number of nitrogens with one attached hydrogen (secondary N) is 1. The van der Waals surface area contributed by atoms with Gasteiger partial charge in [0, 0.05) is 31.2 Å². The van der Waals surface area contributed by atoms with Crippen LogP contribution in [-0.2, 0) is 6.54 Å². The summed E-state index contributed by atoms with van der Waals surface area (Å²) in [6.45, 7) is 0.574. The van der Waals surface area contributed by atoms with E-state index in [9.17, 15) is 4.79 Å². The number of hydrogen-bond acceptors (Lipinski definition) is 3. The van der Waals surface area contributed by atoms with Gasteiger partial charge in [0.25, 0.3) is 5.91 Å². The highest BCUT2D eigenvalue weighted by Crippen LogP contribution is 2.23. The van der Waals surface area contributed by atoms with Gasteiger partial charge in [-0.25, -0.2) is 0 Å². The van der Waals surface area contributed by atoms with Crippen LogP contribution in [0.4, 0.5) is 11.4 Å². The van der Waals surface area contributed by atoms with Crippen molar-refractivity contribution in [1.29, 1.82) is 0 Å². The van der Waals surface area contributed by atoms with Gasteiger partial charge in [0.2, 0.25) is 0 Å². The number of rotatable bonds is 4. The molecule has 0 spiro atoms. The molecule has 0 aliphatic rings. The van der Waals surface area contributed by atoms with Gasteiger partial charge in [-0.05, 0) is 29.8 Å². The quantitative estimate of drug-likeness (QED) is 0.853. The number of anilines is 2. The third kappa shape index (κ3) is 3.67. The first-order valence-electron chi connectivity index (χ1n) is 6.57. The van der Waals surface area contributed by atoms with Crippen LogP contribution in [0.1, 0.15) is 15.9 Å². The normalized spacial score (nSPS) is 10.2. The molecule has 0 unspecified atom stereocenters. The smallest absolute Gasteiger partial charge is 0.253 e. The van der Waals surface area contributed by atoms with E-state index in [1.165, 1.54) is 4.90 Å². The van der Waals surface area contributed by atoms with Crippen molar-refractivity contribution in [2.75, 3.05) is 25.1 Å². The molecule has 2 rings (SSSR count). The molecule has 3 N–H and O–H groups in total. The van der Waals surface area contributed by atoms with E-state index in [0.29, 0.717) is 22.8 Å². The number of hydrogen-bond donors (Lipinski definition) is 2. The van der Waals surface area contributed by atoms with Crippen molar-refractivity contribution in [2.24, 2.45) is 0 Å². The first-order chi connectivity index (χ1) is 9.99. The number of carbonyl (C=O) groups is 1. The number of nitrogens with two attached hydrogens (primary N) is 1. The zero-order valence-corrected chi connectivity index (χ0v) is 12.8. The number of halogens is 1. The molecule has 0 saturated carbocycles. The van der Waals surface area contributed by atoms with Crippen LogP contribution in [0, 0.1) is 0 Å². The van der Waals surface area contributed by atoms with E-state index in [1.807, 2.05) is 30.3 Å². The van der Waals surface area contributed by atoms with E-state index in [1.54, 1.807) is 26.2 Å². The zero-order valence-electron chi connectivity index (χ0n) is 12.1. The van der Waals surface area contributed by atoms with Gasteiger partial charge in [0.05, 0.1) is 11.4 Å². The summed E-state index contributed by atoms with van der Waals surface area (Å²) in [6.07, 6.45) is 0. The average molecular weight is 304 g/mol. The van der Waals surface area contributed by atoms with Crippen molar-refractivity contribution in [3.63, 3.8) is 0 Å². The van der Waals surface area contributed by atoms with Crippen LogP contribution in [0.25, 0.3) is 0 Å². The van der Waals surface area contributed by atoms with Crippen LogP contribution in [0.3, 0.4) is 0 Å². The first-order valence-corrected chi connectivity index (χ1v) is 6.95. The van der Waals surface area contributed by atoms with E-state index in [2.05, 4.69) is 5.32 Å². The third-order valence-electron chi connectivity index (χ3n) is 3.13. The summed E-state index contributed by atoms with van der Waals surface area (Å²) in [4.78, 5) is 13.4. The van der Waals surface area contributed by atoms with Gasteiger partial charge in [-0.3, -0.25) is 4.79 Å². The Kier molecular flexibility index (Phi) is 4.70. The summed E-state index contributed by atoms with van der Waals surface area (Å²) < 4.78 is 0. The van der Waals surface area contributed by atoms with Gasteiger partial charge in [-0.1, -0.05) is 29.8 Å². The first kappa shape index (κ1) is 15.2. The maximum atomic E-state index is 11.9. The van der Waals surface area contributed by atoms with Crippen LogP contribution in [0.5, 0.6) is 0 Å². The second kappa shape index (κ2) is 6.50. The Bertz CT molecular complexity index is 656. The van der Waals surface area contributed by atoms with Crippen molar-refractivity contribution in [1.82, 2.24) is 4.90 Å². The lowest BCUT2D eigenvalue weighted by atomic mass is 10.1. The topological polar surface area (TPSA) is 58.4 Å². The molecular weight excluding hydrogens is 286 g/mol. The molecule has 5 heteroatoms. The third-order valence-corrected chi connectivity index (χ3v) is 3.50. The molecule has 21 heavy (non-hydrogen) atoms. The lowest BCUT2D eigenvalue weighted by molar-refractivity contribution is 0.0827. The molecule has 1 amide bonds. The predicted molar refractivity (Wildman–Crippen MR) is 87.7 cm³/mol. The lowest BCUT2D eigenvalue weighted by Crippen LogP contribution is -2.21. The summed E-state index contributed by atoms with van der Waals surface area (Å²) in [5.41, 5.74) is 8.88. The largest absolute Gasteiger partial charge is 0.397 e. The summed E-state index contributed by atoms with van der Waals surface area (Å²) in [7, 11) is 3.42. The molecule has 0 radical (unpaired) electrons. The van der Waals surface area contributed by atoms with E-state index in [4.69, 9.17) is 17.3 Å². The second-order valence-electron chi connectivity index (χ2n) is 4.95. The minimum absolute atomic E-state index is 0.0700. The van der Waals surface area contributed by atoms with Crippen molar-refractivity contribution in [3.05, 3.63) is 58.6 Å². The zero-order chi connectivity index (χ0) is 15.4. The van der Waals surface area contributed by atoms with E-state index in [0.717, 1.165) is 11.3 Å². The van der Waals surface area contributed by atoms with E-state index < -0.39 is 0 Å². The van der Waals surface area contributed by atoms with Crippen molar-refractivity contribution < 1.29 is 4.79 Å². The van der Waals surface area contributed by atoms with Gasteiger partial charge in [0.1, 0.15) is 0 Å². The number of nitrogen functional groups attached to an aromatic ring is 1. The fraction of sp³-hybridized carbons (Fsp3) is 0.188. The molecule has 0 aromatic heterocycles. The highest BCUT2D eigenvalue weighted by Gasteiger charge is 2.10.